The van der Waals surface area contributed by atoms with Gasteiger partial charge in [-0.15, -0.1) is 0 Å². The fourth-order valence-electron chi connectivity index (χ4n) is 1.72. The number of benzene rings is 1. The molecule has 1 aliphatic rings. The van der Waals surface area contributed by atoms with Crippen LogP contribution in [-0.4, -0.2) is 32.4 Å². The summed E-state index contributed by atoms with van der Waals surface area (Å²) in [5.41, 5.74) is 0.383. The van der Waals surface area contributed by atoms with E-state index < -0.39 is 0 Å². The highest BCUT2D eigenvalue weighted by Crippen LogP contribution is 2.25. The molecule has 0 saturated carbocycles. The van der Waals surface area contributed by atoms with Gasteiger partial charge in [-0.3, -0.25) is 0 Å². The molecule has 2 rings (SSSR count). The maximum absolute atomic E-state index is 8.98. The topological polar surface area (TPSA) is 58.9 Å². The van der Waals surface area contributed by atoms with Crippen LogP contribution in [0.3, 0.4) is 0 Å². The van der Waals surface area contributed by atoms with Crippen LogP contribution in [0.2, 0.25) is 5.02 Å². The van der Waals surface area contributed by atoms with Crippen LogP contribution >= 0.6 is 11.6 Å². The molecule has 0 spiro atoms. The molecule has 0 radical (unpaired) electrons. The Morgan fingerprint density at radius 2 is 2.39 bits per heavy atom. The van der Waals surface area contributed by atoms with Gasteiger partial charge >= 0.3 is 0 Å². The second-order valence-electron chi connectivity index (χ2n) is 3.84. The second kappa shape index (κ2) is 7.45. The molecule has 1 aromatic rings. The summed E-state index contributed by atoms with van der Waals surface area (Å²) in [6, 6.07) is 7.24. The number of rotatable bonds is 3. The van der Waals surface area contributed by atoms with Gasteiger partial charge in [-0.2, -0.15) is 5.26 Å². The lowest BCUT2D eigenvalue weighted by atomic mass is 10.2. The molecule has 1 aromatic carbocycles. The molecule has 2 N–H and O–H groups in total. The summed E-state index contributed by atoms with van der Waals surface area (Å²) in [7, 11) is 0. The molecular formula is C12H14Cl2N2O2. The number of nitriles is 1. The molecular weight excluding hydrogens is 275 g/mol. The van der Waals surface area contributed by atoms with Crippen LogP contribution in [0.5, 0.6) is 5.75 Å². The molecule has 0 aromatic heterocycles. The maximum Gasteiger partial charge on any atom is 0.140 e. The zero-order valence-electron chi connectivity index (χ0n) is 9.73. The van der Waals surface area contributed by atoms with Gasteiger partial charge in [0, 0.05) is 0 Å². The number of nitrogens with two attached hydrogens (primary N) is 1. The SMILES string of the molecule is N#Cc1c(Cl)cccc1OCC1C[NH2+]CCO1.[Cl-]. The van der Waals surface area contributed by atoms with E-state index in [-0.39, 0.29) is 18.5 Å². The predicted molar refractivity (Wildman–Crippen MR) is 63.1 cm³/mol. The Morgan fingerprint density at radius 1 is 1.56 bits per heavy atom. The molecule has 6 heteroatoms. The highest BCUT2D eigenvalue weighted by atomic mass is 35.5. The molecule has 1 saturated heterocycles. The minimum Gasteiger partial charge on any atom is -1.00 e. The molecule has 0 amide bonds. The first kappa shape index (κ1) is 15.1. The van der Waals surface area contributed by atoms with E-state index in [4.69, 9.17) is 26.3 Å². The Labute approximate surface area is 117 Å². The molecule has 1 unspecified atom stereocenters. The Bertz CT molecular complexity index is 429. The van der Waals surface area contributed by atoms with Gasteiger partial charge in [0.2, 0.25) is 0 Å². The first-order chi connectivity index (χ1) is 8.31. The zero-order chi connectivity index (χ0) is 12.1. The average Bonchev–Trinajstić information content (AvgIpc) is 2.37. The van der Waals surface area contributed by atoms with Crippen molar-refractivity contribution in [3.63, 3.8) is 0 Å². The fraction of sp³-hybridized carbons (Fsp3) is 0.417. The first-order valence-corrected chi connectivity index (χ1v) is 5.93. The number of hydrogen-bond acceptors (Lipinski definition) is 3. The molecule has 18 heavy (non-hydrogen) atoms. The van der Waals surface area contributed by atoms with Crippen molar-refractivity contribution in [2.24, 2.45) is 0 Å². The molecule has 1 aliphatic heterocycles. The monoisotopic (exact) mass is 288 g/mol. The van der Waals surface area contributed by atoms with Crippen molar-refractivity contribution >= 4 is 11.6 Å². The summed E-state index contributed by atoms with van der Waals surface area (Å²) in [6.45, 7) is 3.08. The zero-order valence-corrected chi connectivity index (χ0v) is 11.2. The molecule has 0 aliphatic carbocycles. The van der Waals surface area contributed by atoms with E-state index in [0.29, 0.717) is 22.9 Å². The minimum atomic E-state index is 0. The lowest BCUT2D eigenvalue weighted by molar-refractivity contribution is -0.677. The average molecular weight is 289 g/mol. The molecule has 1 fully saturated rings. The third kappa shape index (κ3) is 3.76. The van der Waals surface area contributed by atoms with Crippen molar-refractivity contribution in [3.8, 4) is 11.8 Å². The van der Waals surface area contributed by atoms with Gasteiger partial charge in [0.1, 0.15) is 36.6 Å². The van der Waals surface area contributed by atoms with E-state index in [0.717, 1.165) is 19.7 Å². The van der Waals surface area contributed by atoms with E-state index in [1.165, 1.54) is 0 Å². The van der Waals surface area contributed by atoms with Crippen LogP contribution in [-0.2, 0) is 4.74 Å². The van der Waals surface area contributed by atoms with Crippen LogP contribution in [0.15, 0.2) is 18.2 Å². The van der Waals surface area contributed by atoms with Crippen molar-refractivity contribution < 1.29 is 27.2 Å². The third-order valence-electron chi connectivity index (χ3n) is 2.62. The van der Waals surface area contributed by atoms with E-state index in [1.807, 2.05) is 6.07 Å². The van der Waals surface area contributed by atoms with Crippen LogP contribution in [0, 0.1) is 11.3 Å². The molecule has 98 valence electrons. The van der Waals surface area contributed by atoms with E-state index in [1.54, 1.807) is 18.2 Å². The molecule has 0 bridgehead atoms. The minimum absolute atomic E-state index is 0. The van der Waals surface area contributed by atoms with E-state index in [2.05, 4.69) is 5.32 Å². The number of quaternary nitrogens is 1. The van der Waals surface area contributed by atoms with Crippen molar-refractivity contribution in [1.29, 1.82) is 5.26 Å². The highest BCUT2D eigenvalue weighted by Gasteiger charge is 2.18. The van der Waals surface area contributed by atoms with Gasteiger partial charge < -0.3 is 27.2 Å². The smallest absolute Gasteiger partial charge is 0.140 e. The largest absolute Gasteiger partial charge is 1.00 e. The summed E-state index contributed by atoms with van der Waals surface area (Å²) in [5.74, 6) is 0.522. The Balaban J connectivity index is 0.00000162. The Kier molecular flexibility index (Phi) is 6.23. The Morgan fingerprint density at radius 3 is 3.06 bits per heavy atom. The third-order valence-corrected chi connectivity index (χ3v) is 2.93. The van der Waals surface area contributed by atoms with Crippen molar-refractivity contribution in [2.75, 3.05) is 26.3 Å². The first-order valence-electron chi connectivity index (χ1n) is 5.56. The molecule has 1 atom stereocenters. The van der Waals surface area contributed by atoms with Gasteiger partial charge in [-0.25, -0.2) is 0 Å². The van der Waals surface area contributed by atoms with Crippen LogP contribution in [0.4, 0.5) is 0 Å². The van der Waals surface area contributed by atoms with Crippen molar-refractivity contribution in [1.82, 2.24) is 0 Å². The predicted octanol–water partition coefficient (Wildman–Crippen LogP) is -2.44. The summed E-state index contributed by atoms with van der Waals surface area (Å²) in [6.07, 6.45) is 0.0780. The lowest BCUT2D eigenvalue weighted by Crippen LogP contribution is -3.00. The van der Waals surface area contributed by atoms with Crippen LogP contribution in [0.1, 0.15) is 5.56 Å². The summed E-state index contributed by atoms with van der Waals surface area (Å²) in [4.78, 5) is 0. The van der Waals surface area contributed by atoms with E-state index in [9.17, 15) is 0 Å². The quantitative estimate of drug-likeness (QED) is 0.672. The summed E-state index contributed by atoms with van der Waals surface area (Å²) < 4.78 is 11.1. The van der Waals surface area contributed by atoms with Gasteiger partial charge in [-0.1, -0.05) is 17.7 Å². The molecule has 1 heterocycles. The number of ether oxygens (including phenoxy) is 2. The number of morpholine rings is 1. The molecule has 4 nitrogen and oxygen atoms in total. The van der Waals surface area contributed by atoms with Crippen LogP contribution in [0.25, 0.3) is 0 Å². The Hall–Kier alpha value is -0.990. The lowest BCUT2D eigenvalue weighted by Gasteiger charge is -2.21. The fourth-order valence-corrected chi connectivity index (χ4v) is 1.93. The van der Waals surface area contributed by atoms with Gasteiger partial charge in [-0.05, 0) is 12.1 Å². The van der Waals surface area contributed by atoms with E-state index >= 15 is 0 Å². The van der Waals surface area contributed by atoms with Crippen LogP contribution < -0.4 is 22.5 Å². The van der Waals surface area contributed by atoms with Crippen molar-refractivity contribution in [3.05, 3.63) is 28.8 Å². The normalized spacial score (nSPS) is 18.6. The number of nitrogens with zero attached hydrogens (tertiary/aromatic N) is 1. The van der Waals surface area contributed by atoms with Gasteiger partial charge in [0.05, 0.1) is 18.2 Å². The highest BCUT2D eigenvalue weighted by molar-refractivity contribution is 6.31. The van der Waals surface area contributed by atoms with Crippen molar-refractivity contribution in [2.45, 2.75) is 6.10 Å². The number of hydrogen-bond donors (Lipinski definition) is 1. The van der Waals surface area contributed by atoms with Gasteiger partial charge in [0.15, 0.2) is 0 Å². The standard InChI is InChI=1S/C12H13ClN2O2.ClH/c13-11-2-1-3-12(10(11)6-14)17-8-9-7-15-4-5-16-9;/h1-3,9,15H,4-5,7-8H2;1H. The van der Waals surface area contributed by atoms with Gasteiger partial charge in [0.25, 0.3) is 0 Å². The summed E-state index contributed by atoms with van der Waals surface area (Å²) in [5, 5.41) is 11.6. The number of halogens is 2. The second-order valence-corrected chi connectivity index (χ2v) is 4.25. The maximum atomic E-state index is 8.98. The summed E-state index contributed by atoms with van der Waals surface area (Å²) >= 11 is 5.91.